The maximum absolute atomic E-state index is 9.85. The Kier molecular flexibility index (Phi) is 8.48. The van der Waals surface area contributed by atoms with Crippen molar-refractivity contribution in [2.75, 3.05) is 0 Å². The quantitative estimate of drug-likeness (QED) is 0.163. The van der Waals surface area contributed by atoms with E-state index in [1.54, 1.807) is 0 Å². The Labute approximate surface area is 329 Å². The van der Waals surface area contributed by atoms with Crippen molar-refractivity contribution >= 4 is 21.9 Å². The molecule has 5 nitrogen and oxygen atoms in total. The van der Waals surface area contributed by atoms with Crippen LogP contribution in [0.25, 0.3) is 101 Å². The number of rotatable bonds is 7. The minimum atomic E-state index is 0.529. The van der Waals surface area contributed by atoms with Gasteiger partial charge in [0.05, 0.1) is 11.6 Å². The topological polar surface area (TPSA) is 75.6 Å². The summed E-state index contributed by atoms with van der Waals surface area (Å²) in [6, 6.07) is 68.1. The highest BCUT2D eigenvalue weighted by atomic mass is 16.3. The molecular formula is C52H32N4O. The molecule has 0 unspecified atom stereocenters. The standard InChI is InChI=1S/C52H32N4O/c53-33-43-17-7-8-24-44(43)38-20-11-23-41(31-38)51-54-50(40-22-10-19-37(30-40)35-15-5-2-6-16-35)55-52(56-51)42-27-28-46-48(32-42)57-47-26-12-25-45(49(46)47)39-21-9-18-36(29-39)34-13-3-1-4-14-34/h1-32H. The van der Waals surface area contributed by atoms with Gasteiger partial charge in [-0.1, -0.05) is 152 Å². The SMILES string of the molecule is N#Cc1ccccc1-c1cccc(-c2nc(-c3cccc(-c4ccccc4)c3)nc(-c3ccc4c(c3)oc3cccc(-c5cccc(-c6ccccc6)c5)c34)n2)c1. The maximum atomic E-state index is 9.85. The van der Waals surface area contributed by atoms with E-state index in [2.05, 4.69) is 97.1 Å². The van der Waals surface area contributed by atoms with E-state index in [1.165, 1.54) is 5.56 Å². The van der Waals surface area contributed by atoms with Gasteiger partial charge in [-0.25, -0.2) is 15.0 Å². The first-order valence-corrected chi connectivity index (χ1v) is 18.8. The van der Waals surface area contributed by atoms with Crippen molar-refractivity contribution in [1.82, 2.24) is 15.0 Å². The van der Waals surface area contributed by atoms with Gasteiger partial charge in [-0.2, -0.15) is 5.26 Å². The summed E-state index contributed by atoms with van der Waals surface area (Å²) in [6.07, 6.45) is 0. The van der Waals surface area contributed by atoms with E-state index < -0.39 is 0 Å². The molecule has 10 aromatic rings. The van der Waals surface area contributed by atoms with E-state index >= 15 is 0 Å². The van der Waals surface area contributed by atoms with Gasteiger partial charge in [0.25, 0.3) is 0 Å². The van der Waals surface area contributed by atoms with Crippen molar-refractivity contribution in [3.05, 3.63) is 200 Å². The van der Waals surface area contributed by atoms with E-state index in [4.69, 9.17) is 19.4 Å². The van der Waals surface area contributed by atoms with Gasteiger partial charge >= 0.3 is 0 Å². The second-order valence-electron chi connectivity index (χ2n) is 13.9. The summed E-state index contributed by atoms with van der Waals surface area (Å²) in [4.78, 5) is 15.3. The van der Waals surface area contributed by atoms with Gasteiger partial charge in [0.2, 0.25) is 0 Å². The molecule has 10 rings (SSSR count). The number of aromatic nitrogens is 3. The van der Waals surface area contributed by atoms with Crippen LogP contribution in [0.4, 0.5) is 0 Å². The van der Waals surface area contributed by atoms with Crippen molar-refractivity contribution in [3.8, 4) is 84.7 Å². The normalized spacial score (nSPS) is 11.1. The van der Waals surface area contributed by atoms with Crippen LogP contribution in [-0.2, 0) is 0 Å². The first-order chi connectivity index (χ1) is 28.2. The number of hydrogen-bond donors (Lipinski definition) is 0. The summed E-state index contributed by atoms with van der Waals surface area (Å²) < 4.78 is 6.58. The van der Waals surface area contributed by atoms with Crippen LogP contribution in [-0.4, -0.2) is 15.0 Å². The molecule has 0 bridgehead atoms. The van der Waals surface area contributed by atoms with Crippen LogP contribution in [0.5, 0.6) is 0 Å². The number of nitriles is 1. The Hall–Kier alpha value is -7.94. The van der Waals surface area contributed by atoms with Crippen molar-refractivity contribution < 1.29 is 4.42 Å². The predicted molar refractivity (Wildman–Crippen MR) is 230 cm³/mol. The monoisotopic (exact) mass is 728 g/mol. The van der Waals surface area contributed by atoms with Gasteiger partial charge in [-0.15, -0.1) is 0 Å². The molecule has 0 fully saturated rings. The second kappa shape index (κ2) is 14.4. The van der Waals surface area contributed by atoms with Gasteiger partial charge in [-0.05, 0) is 87.0 Å². The molecule has 0 saturated carbocycles. The highest BCUT2D eigenvalue weighted by Gasteiger charge is 2.18. The van der Waals surface area contributed by atoms with Crippen LogP contribution in [0.15, 0.2) is 199 Å². The van der Waals surface area contributed by atoms with E-state index in [1.807, 2.05) is 103 Å². The Morgan fingerprint density at radius 2 is 0.807 bits per heavy atom. The molecule has 0 aliphatic heterocycles. The minimum absolute atomic E-state index is 0.529. The molecule has 0 N–H and O–H groups in total. The third-order valence-electron chi connectivity index (χ3n) is 10.4. The Balaban J connectivity index is 1.11. The number of hydrogen-bond acceptors (Lipinski definition) is 5. The van der Waals surface area contributed by atoms with Crippen molar-refractivity contribution in [1.29, 1.82) is 5.26 Å². The fourth-order valence-corrected chi connectivity index (χ4v) is 7.59. The zero-order valence-corrected chi connectivity index (χ0v) is 30.7. The molecule has 266 valence electrons. The van der Waals surface area contributed by atoms with E-state index in [-0.39, 0.29) is 0 Å². The first-order valence-electron chi connectivity index (χ1n) is 18.8. The van der Waals surface area contributed by atoms with Crippen LogP contribution >= 0.6 is 0 Å². The smallest absolute Gasteiger partial charge is 0.164 e. The molecule has 0 aliphatic rings. The van der Waals surface area contributed by atoms with E-state index in [0.29, 0.717) is 23.0 Å². The molecule has 0 amide bonds. The highest BCUT2D eigenvalue weighted by molar-refractivity contribution is 6.13. The summed E-state index contributed by atoms with van der Waals surface area (Å²) in [7, 11) is 0. The Bertz CT molecular complexity index is 3140. The minimum Gasteiger partial charge on any atom is -0.456 e. The maximum Gasteiger partial charge on any atom is 0.164 e. The number of benzene rings is 8. The van der Waals surface area contributed by atoms with Crippen LogP contribution in [0, 0.1) is 11.3 Å². The Morgan fingerprint density at radius 3 is 1.44 bits per heavy atom. The average Bonchev–Trinajstić information content (AvgIpc) is 3.68. The third kappa shape index (κ3) is 6.42. The van der Waals surface area contributed by atoms with Gasteiger partial charge in [0, 0.05) is 27.5 Å². The lowest BCUT2D eigenvalue weighted by molar-refractivity contribution is 0.669. The molecule has 0 saturated heterocycles. The molecule has 0 aliphatic carbocycles. The molecule has 57 heavy (non-hydrogen) atoms. The Morgan fingerprint density at radius 1 is 0.351 bits per heavy atom. The van der Waals surface area contributed by atoms with Crippen molar-refractivity contribution in [2.45, 2.75) is 0 Å². The molecule has 2 heterocycles. The highest BCUT2D eigenvalue weighted by Crippen LogP contribution is 2.39. The lowest BCUT2D eigenvalue weighted by Gasteiger charge is -2.11. The summed E-state index contributed by atoms with van der Waals surface area (Å²) in [5, 5.41) is 11.9. The molecule has 5 heteroatoms. The van der Waals surface area contributed by atoms with Crippen LogP contribution < -0.4 is 0 Å². The molecule has 0 radical (unpaired) electrons. The van der Waals surface area contributed by atoms with Crippen LogP contribution in [0.2, 0.25) is 0 Å². The summed E-state index contributed by atoms with van der Waals surface area (Å²) >= 11 is 0. The zero-order chi connectivity index (χ0) is 38.1. The van der Waals surface area contributed by atoms with E-state index in [9.17, 15) is 5.26 Å². The molecule has 0 atom stereocenters. The third-order valence-corrected chi connectivity index (χ3v) is 10.4. The van der Waals surface area contributed by atoms with E-state index in [0.717, 1.165) is 77.6 Å². The zero-order valence-electron chi connectivity index (χ0n) is 30.7. The fourth-order valence-electron chi connectivity index (χ4n) is 7.59. The largest absolute Gasteiger partial charge is 0.456 e. The van der Waals surface area contributed by atoms with Crippen LogP contribution in [0.3, 0.4) is 0 Å². The number of furan rings is 1. The number of fused-ring (bicyclic) bond motifs is 3. The fraction of sp³-hybridized carbons (Fsp3) is 0. The molecule has 0 spiro atoms. The second-order valence-corrected chi connectivity index (χ2v) is 13.9. The lowest BCUT2D eigenvalue weighted by Crippen LogP contribution is -2.00. The molecule has 8 aromatic carbocycles. The lowest BCUT2D eigenvalue weighted by atomic mass is 9.96. The number of nitrogens with zero attached hydrogens (tertiary/aromatic N) is 4. The van der Waals surface area contributed by atoms with Gasteiger partial charge in [0.1, 0.15) is 11.2 Å². The predicted octanol–water partition coefficient (Wildman–Crippen LogP) is 13.3. The summed E-state index contributed by atoms with van der Waals surface area (Å²) in [5.41, 5.74) is 13.2. The van der Waals surface area contributed by atoms with Crippen LogP contribution in [0.1, 0.15) is 5.56 Å². The van der Waals surface area contributed by atoms with Gasteiger partial charge in [-0.3, -0.25) is 0 Å². The molecule has 2 aromatic heterocycles. The summed E-state index contributed by atoms with van der Waals surface area (Å²) in [6.45, 7) is 0. The van der Waals surface area contributed by atoms with Gasteiger partial charge in [0.15, 0.2) is 17.5 Å². The van der Waals surface area contributed by atoms with Crippen molar-refractivity contribution in [3.63, 3.8) is 0 Å². The first kappa shape index (κ1) is 33.6. The average molecular weight is 729 g/mol. The van der Waals surface area contributed by atoms with Gasteiger partial charge < -0.3 is 4.42 Å². The van der Waals surface area contributed by atoms with Crippen molar-refractivity contribution in [2.24, 2.45) is 0 Å². The summed E-state index contributed by atoms with van der Waals surface area (Å²) in [5.74, 6) is 1.61. The molecular weight excluding hydrogens is 697 g/mol.